The van der Waals surface area contributed by atoms with Crippen molar-refractivity contribution < 1.29 is 9.53 Å². The van der Waals surface area contributed by atoms with Gasteiger partial charge in [0.25, 0.3) is 0 Å². The van der Waals surface area contributed by atoms with Gasteiger partial charge in [-0.2, -0.15) is 0 Å². The van der Waals surface area contributed by atoms with Gasteiger partial charge in [-0.25, -0.2) is 0 Å². The lowest BCUT2D eigenvalue weighted by Crippen LogP contribution is -2.21. The number of Topliss-reactive ketones (excluding diaryl/α,β-unsaturated/α-hetero) is 1. The lowest BCUT2D eigenvalue weighted by atomic mass is 9.82. The molecule has 0 bridgehead atoms. The highest BCUT2D eigenvalue weighted by Crippen LogP contribution is 2.38. The molecule has 0 aromatic heterocycles. The highest BCUT2D eigenvalue weighted by atomic mass is 16.5. The maximum Gasteiger partial charge on any atom is 0.133 e. The van der Waals surface area contributed by atoms with Crippen LogP contribution in [-0.4, -0.2) is 12.4 Å². The first kappa shape index (κ1) is 12.2. The number of carbonyl (C=O) groups excluding carboxylic acids is 1. The molecule has 1 aromatic rings. The molecule has 0 saturated carbocycles. The Hall–Kier alpha value is -1.31. The van der Waals surface area contributed by atoms with Crippen molar-refractivity contribution in [2.75, 3.05) is 6.61 Å². The van der Waals surface area contributed by atoms with Crippen molar-refractivity contribution in [3.8, 4) is 5.75 Å². The second-order valence-corrected chi connectivity index (χ2v) is 5.24. The molecular formula is C15H20O2. The van der Waals surface area contributed by atoms with Crippen LogP contribution in [0.3, 0.4) is 0 Å². The maximum atomic E-state index is 11.6. The summed E-state index contributed by atoms with van der Waals surface area (Å²) in [5.74, 6) is 2.21. The fourth-order valence-electron chi connectivity index (χ4n) is 2.64. The summed E-state index contributed by atoms with van der Waals surface area (Å²) >= 11 is 0. The molecule has 17 heavy (non-hydrogen) atoms. The maximum absolute atomic E-state index is 11.6. The number of para-hydroxylation sites is 1. The number of fused-ring (bicyclic) bond motifs is 1. The average molecular weight is 232 g/mol. The fraction of sp³-hybridized carbons (Fsp3) is 0.533. The first-order valence-electron chi connectivity index (χ1n) is 6.31. The first-order chi connectivity index (χ1) is 8.09. The van der Waals surface area contributed by atoms with E-state index in [0.717, 1.165) is 18.8 Å². The van der Waals surface area contributed by atoms with E-state index in [2.05, 4.69) is 19.9 Å². The average Bonchev–Trinajstić information content (AvgIpc) is 2.68. The third-order valence-corrected chi connectivity index (χ3v) is 3.66. The van der Waals surface area contributed by atoms with Crippen LogP contribution >= 0.6 is 0 Å². The molecule has 1 heterocycles. The summed E-state index contributed by atoms with van der Waals surface area (Å²) < 4.78 is 5.66. The monoisotopic (exact) mass is 232 g/mol. The summed E-state index contributed by atoms with van der Waals surface area (Å²) in [5, 5.41) is 0. The molecular weight excluding hydrogens is 212 g/mol. The predicted octanol–water partition coefficient (Wildman–Crippen LogP) is 3.41. The standard InChI is InChI=1S/C15H20O2/c1-10(2)14(11(3)16)8-12-9-17-15-7-5-4-6-13(12)15/h4-7,10,12,14H,8-9H2,1-3H3. The normalized spacial score (nSPS) is 19.9. The van der Waals surface area contributed by atoms with Crippen molar-refractivity contribution in [2.45, 2.75) is 33.1 Å². The molecule has 0 amide bonds. The van der Waals surface area contributed by atoms with Crippen LogP contribution in [-0.2, 0) is 4.79 Å². The quantitative estimate of drug-likeness (QED) is 0.795. The smallest absolute Gasteiger partial charge is 0.133 e. The van der Waals surface area contributed by atoms with Gasteiger partial charge in [-0.05, 0) is 25.3 Å². The molecule has 2 rings (SSSR count). The SMILES string of the molecule is CC(=O)C(CC1COc2ccccc21)C(C)C. The van der Waals surface area contributed by atoms with Gasteiger partial charge >= 0.3 is 0 Å². The largest absolute Gasteiger partial charge is 0.493 e. The van der Waals surface area contributed by atoms with E-state index >= 15 is 0 Å². The van der Waals surface area contributed by atoms with Crippen LogP contribution < -0.4 is 4.74 Å². The molecule has 92 valence electrons. The Morgan fingerprint density at radius 3 is 2.76 bits per heavy atom. The van der Waals surface area contributed by atoms with Crippen LogP contribution in [0.2, 0.25) is 0 Å². The van der Waals surface area contributed by atoms with Crippen LogP contribution in [0.1, 0.15) is 38.7 Å². The molecule has 2 unspecified atom stereocenters. The minimum atomic E-state index is 0.148. The number of rotatable bonds is 4. The van der Waals surface area contributed by atoms with E-state index in [1.807, 2.05) is 18.2 Å². The third kappa shape index (κ3) is 2.51. The Morgan fingerprint density at radius 2 is 2.12 bits per heavy atom. The van der Waals surface area contributed by atoms with Gasteiger partial charge in [-0.1, -0.05) is 32.0 Å². The molecule has 2 heteroatoms. The van der Waals surface area contributed by atoms with Crippen LogP contribution in [0.25, 0.3) is 0 Å². The fourth-order valence-corrected chi connectivity index (χ4v) is 2.64. The Labute approximate surface area is 103 Å². The Balaban J connectivity index is 2.13. The third-order valence-electron chi connectivity index (χ3n) is 3.66. The zero-order chi connectivity index (χ0) is 12.4. The van der Waals surface area contributed by atoms with E-state index in [0.29, 0.717) is 17.6 Å². The van der Waals surface area contributed by atoms with Crippen LogP contribution in [0.5, 0.6) is 5.75 Å². The number of benzene rings is 1. The second kappa shape index (κ2) is 4.91. The summed E-state index contributed by atoms with van der Waals surface area (Å²) in [7, 11) is 0. The lowest BCUT2D eigenvalue weighted by Gasteiger charge is -2.20. The number of hydrogen-bond donors (Lipinski definition) is 0. The molecule has 0 fully saturated rings. The Kier molecular flexibility index (Phi) is 3.51. The van der Waals surface area contributed by atoms with Gasteiger partial charge < -0.3 is 4.74 Å². The van der Waals surface area contributed by atoms with E-state index in [-0.39, 0.29) is 5.92 Å². The highest BCUT2D eigenvalue weighted by molar-refractivity contribution is 5.78. The molecule has 0 spiro atoms. The summed E-state index contributed by atoms with van der Waals surface area (Å²) in [5.41, 5.74) is 1.26. The van der Waals surface area contributed by atoms with E-state index in [4.69, 9.17) is 4.74 Å². The number of ketones is 1. The van der Waals surface area contributed by atoms with Gasteiger partial charge in [0, 0.05) is 17.4 Å². The zero-order valence-electron chi connectivity index (χ0n) is 10.8. The van der Waals surface area contributed by atoms with Crippen molar-refractivity contribution in [3.63, 3.8) is 0 Å². The van der Waals surface area contributed by atoms with Gasteiger partial charge in [0.1, 0.15) is 11.5 Å². The molecule has 0 aliphatic carbocycles. The zero-order valence-corrected chi connectivity index (χ0v) is 10.8. The summed E-state index contributed by atoms with van der Waals surface area (Å²) in [6, 6.07) is 8.16. The van der Waals surface area contributed by atoms with Crippen LogP contribution in [0.15, 0.2) is 24.3 Å². The van der Waals surface area contributed by atoms with Crippen molar-refractivity contribution in [3.05, 3.63) is 29.8 Å². The minimum Gasteiger partial charge on any atom is -0.493 e. The predicted molar refractivity (Wildman–Crippen MR) is 68.3 cm³/mol. The van der Waals surface area contributed by atoms with E-state index in [9.17, 15) is 4.79 Å². The van der Waals surface area contributed by atoms with E-state index in [1.165, 1.54) is 5.56 Å². The first-order valence-corrected chi connectivity index (χ1v) is 6.31. The molecule has 0 radical (unpaired) electrons. The van der Waals surface area contributed by atoms with Gasteiger partial charge in [0.05, 0.1) is 6.61 Å². The van der Waals surface area contributed by atoms with E-state index < -0.39 is 0 Å². The number of ether oxygens (including phenoxy) is 1. The van der Waals surface area contributed by atoms with Crippen molar-refractivity contribution in [2.24, 2.45) is 11.8 Å². The molecule has 0 saturated heterocycles. The molecule has 1 aliphatic heterocycles. The molecule has 2 atom stereocenters. The van der Waals surface area contributed by atoms with Gasteiger partial charge in [0.15, 0.2) is 0 Å². The Morgan fingerprint density at radius 1 is 1.41 bits per heavy atom. The Bertz CT molecular complexity index is 409. The lowest BCUT2D eigenvalue weighted by molar-refractivity contribution is -0.122. The number of carbonyl (C=O) groups is 1. The molecule has 0 N–H and O–H groups in total. The topological polar surface area (TPSA) is 26.3 Å². The second-order valence-electron chi connectivity index (χ2n) is 5.24. The van der Waals surface area contributed by atoms with Gasteiger partial charge in [-0.15, -0.1) is 0 Å². The van der Waals surface area contributed by atoms with E-state index in [1.54, 1.807) is 6.92 Å². The van der Waals surface area contributed by atoms with Crippen molar-refractivity contribution in [1.82, 2.24) is 0 Å². The van der Waals surface area contributed by atoms with Crippen molar-refractivity contribution in [1.29, 1.82) is 0 Å². The molecule has 1 aromatic carbocycles. The summed E-state index contributed by atoms with van der Waals surface area (Å²) in [6.07, 6.45) is 0.907. The van der Waals surface area contributed by atoms with Gasteiger partial charge in [-0.3, -0.25) is 4.79 Å². The summed E-state index contributed by atoms with van der Waals surface area (Å²) in [4.78, 5) is 11.6. The minimum absolute atomic E-state index is 0.148. The van der Waals surface area contributed by atoms with Crippen LogP contribution in [0.4, 0.5) is 0 Å². The van der Waals surface area contributed by atoms with Crippen molar-refractivity contribution >= 4 is 5.78 Å². The summed E-state index contributed by atoms with van der Waals surface area (Å²) in [6.45, 7) is 6.66. The highest BCUT2D eigenvalue weighted by Gasteiger charge is 2.29. The van der Waals surface area contributed by atoms with Gasteiger partial charge in [0.2, 0.25) is 0 Å². The number of hydrogen-bond acceptors (Lipinski definition) is 2. The molecule has 2 nitrogen and oxygen atoms in total. The van der Waals surface area contributed by atoms with Crippen LogP contribution in [0, 0.1) is 11.8 Å². The molecule has 1 aliphatic rings.